The summed E-state index contributed by atoms with van der Waals surface area (Å²) in [5, 5.41) is 8.29. The van der Waals surface area contributed by atoms with Gasteiger partial charge in [0, 0.05) is 0 Å². The lowest BCUT2D eigenvalue weighted by atomic mass is 10.2. The number of carbonyl (C=O) groups excluding carboxylic acids is 2. The maximum absolute atomic E-state index is 12.3. The number of rotatable bonds is 10. The Morgan fingerprint density at radius 3 is 1.82 bits per heavy atom. The van der Waals surface area contributed by atoms with Crippen LogP contribution >= 0.6 is 11.6 Å². The highest BCUT2D eigenvalue weighted by Crippen LogP contribution is 2.23. The number of alkyl halides is 1. The first-order valence-electron chi connectivity index (χ1n) is 10.4. The van der Waals surface area contributed by atoms with E-state index in [1.807, 2.05) is 6.92 Å². The van der Waals surface area contributed by atoms with Crippen molar-refractivity contribution >= 4 is 34.9 Å². The molecule has 33 heavy (non-hydrogen) atoms. The summed E-state index contributed by atoms with van der Waals surface area (Å²) in [5.41, 5.74) is 1.99. The molecular weight excluding hydrogens is 444 g/mol. The maximum atomic E-state index is 12.3. The molecule has 0 saturated heterocycles. The van der Waals surface area contributed by atoms with Gasteiger partial charge in [0.25, 0.3) is 0 Å². The van der Waals surface area contributed by atoms with E-state index in [4.69, 9.17) is 25.8 Å². The van der Waals surface area contributed by atoms with E-state index in [2.05, 4.69) is 10.2 Å². The number of esters is 2. The lowest BCUT2D eigenvalue weighted by Crippen LogP contribution is -2.08. The molecule has 0 bridgehead atoms. The third-order valence-electron chi connectivity index (χ3n) is 4.30. The number of halogens is 1. The van der Waals surface area contributed by atoms with Crippen LogP contribution in [0.4, 0.5) is 11.4 Å². The summed E-state index contributed by atoms with van der Waals surface area (Å²) < 4.78 is 15.9. The van der Waals surface area contributed by atoms with Gasteiger partial charge in [-0.15, -0.1) is 11.6 Å². The van der Waals surface area contributed by atoms with Gasteiger partial charge in [0.15, 0.2) is 0 Å². The highest BCUT2D eigenvalue weighted by Gasteiger charge is 2.09. The van der Waals surface area contributed by atoms with Gasteiger partial charge in [0.1, 0.15) is 18.1 Å². The molecule has 3 rings (SSSR count). The molecule has 3 aromatic rings. The summed E-state index contributed by atoms with van der Waals surface area (Å²) in [4.78, 5) is 24.1. The first-order chi connectivity index (χ1) is 16.1. The minimum Gasteiger partial charge on any atom is -0.494 e. The van der Waals surface area contributed by atoms with Crippen LogP contribution in [0.1, 0.15) is 34.1 Å². The first kappa shape index (κ1) is 23.9. The number of hydrogen-bond donors (Lipinski definition) is 0. The van der Waals surface area contributed by atoms with Crippen LogP contribution < -0.4 is 9.47 Å². The molecule has 7 nitrogen and oxygen atoms in total. The number of carbonyl (C=O) groups is 2. The van der Waals surface area contributed by atoms with E-state index in [0.29, 0.717) is 40.6 Å². The van der Waals surface area contributed by atoms with Gasteiger partial charge in [0.2, 0.25) is 0 Å². The molecule has 0 N–H and O–H groups in total. The van der Waals surface area contributed by atoms with Gasteiger partial charge in [-0.05, 0) is 79.2 Å². The summed E-state index contributed by atoms with van der Waals surface area (Å²) in [6.07, 6.45) is 0.914. The second kappa shape index (κ2) is 12.4. The number of hydrogen-bond acceptors (Lipinski definition) is 7. The molecule has 0 saturated carbocycles. The first-order valence-corrected chi connectivity index (χ1v) is 10.9. The maximum Gasteiger partial charge on any atom is 0.343 e. The summed E-state index contributed by atoms with van der Waals surface area (Å²) in [7, 11) is 0. The predicted octanol–water partition coefficient (Wildman–Crippen LogP) is 6.51. The standard InChI is InChI=1S/C25H23ClN2O5/c1-2-16-31-22-11-5-19(6-12-22)25(30)33-23-13-9-21(10-14-23)28-27-20-7-3-18(4-8-20)24(29)32-17-15-26/h3-14H,2,15-17H2,1H3. The summed E-state index contributed by atoms with van der Waals surface area (Å²) in [5.74, 6) is 0.452. The van der Waals surface area contributed by atoms with E-state index < -0.39 is 11.9 Å². The molecule has 0 heterocycles. The average Bonchev–Trinajstić information content (AvgIpc) is 2.86. The Morgan fingerprint density at radius 2 is 1.24 bits per heavy atom. The minimum absolute atomic E-state index is 0.160. The van der Waals surface area contributed by atoms with Gasteiger partial charge in [0.05, 0.1) is 35.0 Å². The molecular formula is C25H23ClN2O5. The van der Waals surface area contributed by atoms with Crippen molar-refractivity contribution in [3.63, 3.8) is 0 Å². The molecule has 0 aliphatic heterocycles. The zero-order valence-corrected chi connectivity index (χ0v) is 18.8. The van der Waals surface area contributed by atoms with Crippen molar-refractivity contribution in [1.82, 2.24) is 0 Å². The van der Waals surface area contributed by atoms with Crippen molar-refractivity contribution in [2.24, 2.45) is 10.2 Å². The smallest absolute Gasteiger partial charge is 0.343 e. The van der Waals surface area contributed by atoms with Gasteiger partial charge in [-0.1, -0.05) is 6.92 Å². The Balaban J connectivity index is 1.55. The number of nitrogens with zero attached hydrogens (tertiary/aromatic N) is 2. The number of ether oxygens (including phenoxy) is 3. The molecule has 0 fully saturated rings. The van der Waals surface area contributed by atoms with Crippen molar-refractivity contribution in [3.05, 3.63) is 83.9 Å². The highest BCUT2D eigenvalue weighted by atomic mass is 35.5. The van der Waals surface area contributed by atoms with Crippen molar-refractivity contribution in [2.75, 3.05) is 19.1 Å². The fourth-order valence-electron chi connectivity index (χ4n) is 2.65. The Bertz CT molecular complexity index is 1080. The van der Waals surface area contributed by atoms with Crippen molar-refractivity contribution in [2.45, 2.75) is 13.3 Å². The van der Waals surface area contributed by atoms with Crippen LogP contribution in [-0.2, 0) is 4.74 Å². The van der Waals surface area contributed by atoms with Crippen LogP contribution in [0, 0.1) is 0 Å². The normalized spacial score (nSPS) is 10.7. The summed E-state index contributed by atoms with van der Waals surface area (Å²) >= 11 is 5.51. The van der Waals surface area contributed by atoms with Crippen LogP contribution in [-0.4, -0.2) is 31.0 Å². The summed E-state index contributed by atoms with van der Waals surface area (Å²) in [6, 6.07) is 20.0. The van der Waals surface area contributed by atoms with Crippen molar-refractivity contribution < 1.29 is 23.8 Å². The van der Waals surface area contributed by atoms with Crippen molar-refractivity contribution in [3.8, 4) is 11.5 Å². The largest absolute Gasteiger partial charge is 0.494 e. The van der Waals surface area contributed by atoms with Crippen LogP contribution in [0.15, 0.2) is 83.0 Å². The molecule has 0 aliphatic rings. The van der Waals surface area contributed by atoms with E-state index in [-0.39, 0.29) is 12.5 Å². The fraction of sp³-hybridized carbons (Fsp3) is 0.200. The second-order valence-electron chi connectivity index (χ2n) is 6.83. The van der Waals surface area contributed by atoms with Crippen LogP contribution in [0.25, 0.3) is 0 Å². The van der Waals surface area contributed by atoms with E-state index in [1.165, 1.54) is 0 Å². The SMILES string of the molecule is CCCOc1ccc(C(=O)Oc2ccc(N=Nc3ccc(C(=O)OCCCl)cc3)cc2)cc1. The van der Waals surface area contributed by atoms with Crippen LogP contribution in [0.3, 0.4) is 0 Å². The molecule has 0 amide bonds. The zero-order chi connectivity index (χ0) is 23.5. The highest BCUT2D eigenvalue weighted by molar-refractivity contribution is 6.18. The van der Waals surface area contributed by atoms with Gasteiger partial charge in [-0.25, -0.2) is 9.59 Å². The van der Waals surface area contributed by atoms with Crippen molar-refractivity contribution in [1.29, 1.82) is 0 Å². The molecule has 0 spiro atoms. The fourth-order valence-corrected chi connectivity index (χ4v) is 2.73. The third kappa shape index (κ3) is 7.43. The van der Waals surface area contributed by atoms with Gasteiger partial charge >= 0.3 is 11.9 Å². The van der Waals surface area contributed by atoms with Crippen LogP contribution in [0.2, 0.25) is 0 Å². The van der Waals surface area contributed by atoms with Gasteiger partial charge in [-0.2, -0.15) is 10.2 Å². The van der Waals surface area contributed by atoms with E-state index in [9.17, 15) is 9.59 Å². The van der Waals surface area contributed by atoms with E-state index >= 15 is 0 Å². The number of azo groups is 1. The van der Waals surface area contributed by atoms with E-state index in [0.717, 1.165) is 6.42 Å². The molecule has 170 valence electrons. The Kier molecular flexibility index (Phi) is 8.97. The lowest BCUT2D eigenvalue weighted by molar-refractivity contribution is 0.0528. The van der Waals surface area contributed by atoms with Gasteiger partial charge < -0.3 is 14.2 Å². The Labute approximate surface area is 197 Å². The Morgan fingerprint density at radius 1 is 0.727 bits per heavy atom. The molecule has 0 aliphatic carbocycles. The monoisotopic (exact) mass is 466 g/mol. The predicted molar refractivity (Wildman–Crippen MR) is 125 cm³/mol. The quantitative estimate of drug-likeness (QED) is 0.147. The molecule has 8 heteroatoms. The van der Waals surface area contributed by atoms with Crippen LogP contribution in [0.5, 0.6) is 11.5 Å². The van der Waals surface area contributed by atoms with Gasteiger partial charge in [-0.3, -0.25) is 0 Å². The minimum atomic E-state index is -0.462. The topological polar surface area (TPSA) is 86.5 Å². The molecule has 0 radical (unpaired) electrons. The molecule has 3 aromatic carbocycles. The Hall–Kier alpha value is -3.71. The number of benzene rings is 3. The molecule has 0 atom stereocenters. The average molecular weight is 467 g/mol. The van der Waals surface area contributed by atoms with E-state index in [1.54, 1.807) is 72.8 Å². The summed E-state index contributed by atoms with van der Waals surface area (Å²) in [6.45, 7) is 2.82. The molecule has 0 aromatic heterocycles. The third-order valence-corrected chi connectivity index (χ3v) is 4.46. The zero-order valence-electron chi connectivity index (χ0n) is 18.1. The second-order valence-corrected chi connectivity index (χ2v) is 7.21. The molecule has 0 unspecified atom stereocenters. The lowest BCUT2D eigenvalue weighted by Gasteiger charge is -2.07.